The number of nitrogens with one attached hydrogen (secondary N) is 2. The summed E-state index contributed by atoms with van der Waals surface area (Å²) in [5, 5.41) is 5.36. The molecule has 7 nitrogen and oxygen atoms in total. The van der Waals surface area contributed by atoms with Crippen LogP contribution in [0.1, 0.15) is 6.42 Å². The lowest BCUT2D eigenvalue weighted by atomic mass is 10.1. The number of urea groups is 1. The molecule has 1 saturated heterocycles. The van der Waals surface area contributed by atoms with Crippen molar-refractivity contribution in [3.05, 3.63) is 24.3 Å². The molecule has 0 bridgehead atoms. The standard InChI is InChI=1S/C15H22N2O5S/c1-21-13-3-2-4-14(9-13)22-7-6-16-15(18)17-10-12-5-8-23(19,20)11-12/h2-4,9,12H,5-8,10-11H2,1H3,(H2,16,17,18)/t12-/m0/s1. The second-order valence-electron chi connectivity index (χ2n) is 5.43. The third-order valence-electron chi connectivity index (χ3n) is 3.58. The van der Waals surface area contributed by atoms with Crippen molar-refractivity contribution in [1.29, 1.82) is 0 Å². The zero-order chi connectivity index (χ0) is 16.7. The number of ether oxygens (including phenoxy) is 2. The first-order valence-corrected chi connectivity index (χ1v) is 9.29. The molecule has 1 aliphatic rings. The Kier molecular flexibility index (Phi) is 6.09. The van der Waals surface area contributed by atoms with E-state index < -0.39 is 9.84 Å². The Balaban J connectivity index is 1.59. The van der Waals surface area contributed by atoms with Gasteiger partial charge in [0.1, 0.15) is 18.1 Å². The summed E-state index contributed by atoms with van der Waals surface area (Å²) < 4.78 is 33.2. The molecular weight excluding hydrogens is 320 g/mol. The fourth-order valence-electron chi connectivity index (χ4n) is 2.36. The van der Waals surface area contributed by atoms with E-state index >= 15 is 0 Å². The van der Waals surface area contributed by atoms with E-state index in [0.29, 0.717) is 37.6 Å². The van der Waals surface area contributed by atoms with E-state index in [1.165, 1.54) is 0 Å². The molecule has 1 atom stereocenters. The van der Waals surface area contributed by atoms with E-state index in [2.05, 4.69) is 10.6 Å². The maximum absolute atomic E-state index is 11.6. The lowest BCUT2D eigenvalue weighted by Gasteiger charge is -2.11. The van der Waals surface area contributed by atoms with E-state index in [1.807, 2.05) is 18.2 Å². The normalized spacial score (nSPS) is 19.1. The van der Waals surface area contributed by atoms with Gasteiger partial charge in [0, 0.05) is 12.6 Å². The summed E-state index contributed by atoms with van der Waals surface area (Å²) in [5.41, 5.74) is 0. The van der Waals surface area contributed by atoms with Crippen molar-refractivity contribution in [1.82, 2.24) is 10.6 Å². The highest BCUT2D eigenvalue weighted by atomic mass is 32.2. The van der Waals surface area contributed by atoms with Crippen molar-refractivity contribution in [2.75, 3.05) is 38.3 Å². The Bertz CT molecular complexity index is 633. The molecule has 1 heterocycles. The van der Waals surface area contributed by atoms with Gasteiger partial charge in [0.05, 0.1) is 25.2 Å². The van der Waals surface area contributed by atoms with Crippen LogP contribution in [0.3, 0.4) is 0 Å². The van der Waals surface area contributed by atoms with Crippen LogP contribution in [0.15, 0.2) is 24.3 Å². The highest BCUT2D eigenvalue weighted by molar-refractivity contribution is 7.91. The summed E-state index contributed by atoms with van der Waals surface area (Å²) in [6, 6.07) is 6.90. The van der Waals surface area contributed by atoms with Crippen LogP contribution in [0, 0.1) is 5.92 Å². The van der Waals surface area contributed by atoms with Gasteiger partial charge in [-0.25, -0.2) is 13.2 Å². The monoisotopic (exact) mass is 342 g/mol. The molecule has 23 heavy (non-hydrogen) atoms. The van der Waals surface area contributed by atoms with Gasteiger partial charge in [0.2, 0.25) is 0 Å². The quantitative estimate of drug-likeness (QED) is 0.715. The second kappa shape index (κ2) is 8.05. The molecule has 0 radical (unpaired) electrons. The average Bonchev–Trinajstić information content (AvgIpc) is 2.89. The van der Waals surface area contributed by atoms with Gasteiger partial charge < -0.3 is 20.1 Å². The maximum atomic E-state index is 11.6. The topological polar surface area (TPSA) is 93.7 Å². The van der Waals surface area contributed by atoms with Gasteiger partial charge in [0.15, 0.2) is 9.84 Å². The number of amides is 2. The van der Waals surface area contributed by atoms with Crippen LogP contribution >= 0.6 is 0 Å². The van der Waals surface area contributed by atoms with Gasteiger partial charge >= 0.3 is 6.03 Å². The van der Waals surface area contributed by atoms with Crippen LogP contribution in [0.4, 0.5) is 4.79 Å². The summed E-state index contributed by atoms with van der Waals surface area (Å²) in [7, 11) is -1.32. The van der Waals surface area contributed by atoms with E-state index in [1.54, 1.807) is 13.2 Å². The maximum Gasteiger partial charge on any atom is 0.314 e. The van der Waals surface area contributed by atoms with Gasteiger partial charge in [-0.15, -0.1) is 0 Å². The first-order valence-electron chi connectivity index (χ1n) is 7.47. The lowest BCUT2D eigenvalue weighted by Crippen LogP contribution is -2.40. The molecule has 1 aromatic carbocycles. The third kappa shape index (κ3) is 5.97. The van der Waals surface area contributed by atoms with Crippen molar-refractivity contribution in [2.45, 2.75) is 6.42 Å². The van der Waals surface area contributed by atoms with Crippen molar-refractivity contribution in [2.24, 2.45) is 5.92 Å². The molecule has 2 rings (SSSR count). The Morgan fingerprint density at radius 3 is 2.78 bits per heavy atom. The van der Waals surface area contributed by atoms with Crippen LogP contribution in [0.5, 0.6) is 11.5 Å². The van der Waals surface area contributed by atoms with Crippen molar-refractivity contribution in [3.8, 4) is 11.5 Å². The van der Waals surface area contributed by atoms with Gasteiger partial charge in [-0.05, 0) is 24.5 Å². The molecule has 0 aromatic heterocycles. The minimum Gasteiger partial charge on any atom is -0.497 e. The minimum absolute atomic E-state index is 0.0128. The van der Waals surface area contributed by atoms with E-state index in [9.17, 15) is 13.2 Å². The van der Waals surface area contributed by atoms with Crippen molar-refractivity contribution < 1.29 is 22.7 Å². The van der Waals surface area contributed by atoms with Gasteiger partial charge in [-0.1, -0.05) is 6.07 Å². The molecule has 0 saturated carbocycles. The third-order valence-corrected chi connectivity index (χ3v) is 5.41. The van der Waals surface area contributed by atoms with Crippen molar-refractivity contribution in [3.63, 3.8) is 0 Å². The summed E-state index contributed by atoms with van der Waals surface area (Å²) in [5.74, 6) is 1.77. The molecule has 0 aliphatic carbocycles. The zero-order valence-electron chi connectivity index (χ0n) is 13.1. The number of hydrogen-bond donors (Lipinski definition) is 2. The second-order valence-corrected chi connectivity index (χ2v) is 7.66. The van der Waals surface area contributed by atoms with E-state index in [-0.39, 0.29) is 23.5 Å². The molecule has 0 spiro atoms. The predicted molar refractivity (Wildman–Crippen MR) is 86.7 cm³/mol. The molecule has 8 heteroatoms. The first kappa shape index (κ1) is 17.4. The molecule has 1 aliphatic heterocycles. The van der Waals surface area contributed by atoms with Crippen LogP contribution in [-0.2, 0) is 9.84 Å². The molecule has 2 amide bonds. The fraction of sp³-hybridized carbons (Fsp3) is 0.533. The lowest BCUT2D eigenvalue weighted by molar-refractivity contribution is 0.235. The van der Waals surface area contributed by atoms with Crippen LogP contribution in [0.25, 0.3) is 0 Å². The summed E-state index contributed by atoms with van der Waals surface area (Å²) in [6.45, 7) is 1.06. The van der Waals surface area contributed by atoms with Gasteiger partial charge in [-0.2, -0.15) is 0 Å². The first-order chi connectivity index (χ1) is 11.0. The molecule has 1 aromatic rings. The summed E-state index contributed by atoms with van der Waals surface area (Å²) in [4.78, 5) is 11.6. The van der Waals surface area contributed by atoms with Gasteiger partial charge in [-0.3, -0.25) is 0 Å². The molecule has 0 unspecified atom stereocenters. The molecule has 2 N–H and O–H groups in total. The zero-order valence-corrected chi connectivity index (χ0v) is 13.9. The number of rotatable bonds is 7. The average molecular weight is 342 g/mol. The highest BCUT2D eigenvalue weighted by Gasteiger charge is 2.27. The van der Waals surface area contributed by atoms with Crippen molar-refractivity contribution >= 4 is 15.9 Å². The summed E-state index contributed by atoms with van der Waals surface area (Å²) in [6.07, 6.45) is 0.613. The molecule has 128 valence electrons. The minimum atomic E-state index is -2.90. The molecular formula is C15H22N2O5S. The SMILES string of the molecule is COc1cccc(OCCNC(=O)NC[C@@H]2CCS(=O)(=O)C2)c1. The Hall–Kier alpha value is -1.96. The van der Waals surface area contributed by atoms with E-state index in [4.69, 9.17) is 9.47 Å². The molecule has 1 fully saturated rings. The summed E-state index contributed by atoms with van der Waals surface area (Å²) >= 11 is 0. The Morgan fingerprint density at radius 1 is 1.30 bits per heavy atom. The number of benzene rings is 1. The van der Waals surface area contributed by atoms with Gasteiger partial charge in [0.25, 0.3) is 0 Å². The van der Waals surface area contributed by atoms with Crippen LogP contribution < -0.4 is 20.1 Å². The number of carbonyl (C=O) groups excluding carboxylic acids is 1. The van der Waals surface area contributed by atoms with E-state index in [0.717, 1.165) is 0 Å². The Morgan fingerprint density at radius 2 is 2.09 bits per heavy atom. The number of methoxy groups -OCH3 is 1. The largest absolute Gasteiger partial charge is 0.497 e. The Labute approximate surface area is 136 Å². The fourth-order valence-corrected chi connectivity index (χ4v) is 4.22. The number of sulfone groups is 1. The van der Waals surface area contributed by atoms with Crippen LogP contribution in [0.2, 0.25) is 0 Å². The predicted octanol–water partition coefficient (Wildman–Crippen LogP) is 0.808. The number of hydrogen-bond acceptors (Lipinski definition) is 5. The number of carbonyl (C=O) groups is 1. The highest BCUT2D eigenvalue weighted by Crippen LogP contribution is 2.18. The van der Waals surface area contributed by atoms with Crippen LogP contribution in [-0.4, -0.2) is 52.8 Å². The smallest absolute Gasteiger partial charge is 0.314 e.